The normalized spacial score (nSPS) is 16.1. The van der Waals surface area contributed by atoms with Crippen LogP contribution in [0.5, 0.6) is 11.5 Å². The smallest absolute Gasteiger partial charge is 0.257 e. The Bertz CT molecular complexity index is 472. The Morgan fingerprint density at radius 1 is 1.25 bits per heavy atom. The van der Waals surface area contributed by atoms with Crippen molar-refractivity contribution in [3.8, 4) is 11.5 Å². The number of aromatic hydroxyl groups is 2. The van der Waals surface area contributed by atoms with Crippen LogP contribution in [0.25, 0.3) is 0 Å². The van der Waals surface area contributed by atoms with E-state index in [1.807, 2.05) is 4.90 Å². The van der Waals surface area contributed by atoms with Gasteiger partial charge in [0.15, 0.2) is 0 Å². The summed E-state index contributed by atoms with van der Waals surface area (Å²) < 4.78 is 0. The number of carbonyl (C=O) groups excluding carboxylic acids is 1. The molecule has 1 aliphatic carbocycles. The molecule has 5 heteroatoms. The first kappa shape index (κ1) is 15.2. The molecule has 110 valence electrons. The Hall–Kier alpha value is -1.23. The lowest BCUT2D eigenvalue weighted by Gasteiger charge is -2.34. The standard InChI is InChI=1S/C15H20BrNO3/c16-8-9-17(11-4-2-1-3-5-11)15(20)13-7-6-12(18)10-14(13)19/h6-7,10-11,18-19H,1-5,8-9H2. The quantitative estimate of drug-likeness (QED) is 0.826. The van der Waals surface area contributed by atoms with Crippen LogP contribution in [0.2, 0.25) is 0 Å². The lowest BCUT2D eigenvalue weighted by molar-refractivity contribution is 0.0648. The van der Waals surface area contributed by atoms with Crippen molar-refractivity contribution in [1.29, 1.82) is 0 Å². The van der Waals surface area contributed by atoms with E-state index < -0.39 is 0 Å². The predicted octanol–water partition coefficient (Wildman–Crippen LogP) is 3.27. The van der Waals surface area contributed by atoms with Crippen molar-refractivity contribution in [3.05, 3.63) is 23.8 Å². The molecule has 0 saturated heterocycles. The summed E-state index contributed by atoms with van der Waals surface area (Å²) in [6.07, 6.45) is 5.59. The maximum Gasteiger partial charge on any atom is 0.257 e. The number of phenols is 2. The van der Waals surface area contributed by atoms with Crippen LogP contribution in [0, 0.1) is 0 Å². The van der Waals surface area contributed by atoms with E-state index in [9.17, 15) is 15.0 Å². The molecule has 20 heavy (non-hydrogen) atoms. The molecule has 4 nitrogen and oxygen atoms in total. The van der Waals surface area contributed by atoms with Gasteiger partial charge in [-0.05, 0) is 25.0 Å². The van der Waals surface area contributed by atoms with E-state index in [-0.39, 0.29) is 29.0 Å². The van der Waals surface area contributed by atoms with Gasteiger partial charge < -0.3 is 15.1 Å². The first-order valence-electron chi connectivity index (χ1n) is 7.02. The summed E-state index contributed by atoms with van der Waals surface area (Å²) in [5, 5.41) is 19.9. The zero-order valence-electron chi connectivity index (χ0n) is 11.4. The summed E-state index contributed by atoms with van der Waals surface area (Å²) in [6, 6.07) is 4.37. The third-order valence-corrected chi connectivity index (χ3v) is 4.17. The monoisotopic (exact) mass is 341 g/mol. The van der Waals surface area contributed by atoms with E-state index in [4.69, 9.17) is 0 Å². The zero-order chi connectivity index (χ0) is 14.5. The summed E-state index contributed by atoms with van der Waals surface area (Å²) in [5.74, 6) is -0.358. The average Bonchev–Trinajstić information content (AvgIpc) is 2.45. The molecule has 0 atom stereocenters. The molecule has 0 aliphatic heterocycles. The number of benzene rings is 1. The lowest BCUT2D eigenvalue weighted by atomic mass is 9.93. The number of rotatable bonds is 4. The van der Waals surface area contributed by atoms with Gasteiger partial charge in [-0.2, -0.15) is 0 Å². The molecule has 0 bridgehead atoms. The molecule has 0 heterocycles. The van der Waals surface area contributed by atoms with Gasteiger partial charge in [-0.1, -0.05) is 35.2 Å². The first-order chi connectivity index (χ1) is 9.63. The molecule has 0 radical (unpaired) electrons. The van der Waals surface area contributed by atoms with E-state index in [1.54, 1.807) is 0 Å². The maximum absolute atomic E-state index is 12.6. The minimum Gasteiger partial charge on any atom is -0.508 e. The second kappa shape index (κ2) is 6.97. The summed E-state index contributed by atoms with van der Waals surface area (Å²) in [5.41, 5.74) is 0.259. The Labute approximate surface area is 127 Å². The van der Waals surface area contributed by atoms with Crippen LogP contribution in [-0.2, 0) is 0 Å². The van der Waals surface area contributed by atoms with Gasteiger partial charge in [0.25, 0.3) is 5.91 Å². The van der Waals surface area contributed by atoms with Crippen LogP contribution in [0.4, 0.5) is 0 Å². The second-order valence-corrected chi connectivity index (χ2v) is 5.97. The molecule has 1 aromatic rings. The molecule has 1 aromatic carbocycles. The SMILES string of the molecule is O=C(c1ccc(O)cc1O)N(CCBr)C1CCCCC1. The molecule has 0 spiro atoms. The van der Waals surface area contributed by atoms with Crippen molar-refractivity contribution >= 4 is 21.8 Å². The summed E-state index contributed by atoms with van der Waals surface area (Å²) in [6.45, 7) is 0.629. The number of nitrogens with zero attached hydrogens (tertiary/aromatic N) is 1. The van der Waals surface area contributed by atoms with Gasteiger partial charge in [-0.3, -0.25) is 4.79 Å². The Kier molecular flexibility index (Phi) is 5.29. The van der Waals surface area contributed by atoms with Crippen molar-refractivity contribution in [2.75, 3.05) is 11.9 Å². The number of halogens is 1. The summed E-state index contributed by atoms with van der Waals surface area (Å²) in [4.78, 5) is 14.5. The minimum absolute atomic E-state index is 0.0382. The topological polar surface area (TPSA) is 60.8 Å². The van der Waals surface area contributed by atoms with Crippen molar-refractivity contribution in [3.63, 3.8) is 0 Å². The number of amides is 1. The number of phenolic OH excluding ortho intramolecular Hbond substituents is 2. The van der Waals surface area contributed by atoms with Crippen LogP contribution in [-0.4, -0.2) is 38.9 Å². The number of hydrogen-bond donors (Lipinski definition) is 2. The molecular formula is C15H20BrNO3. The number of hydrogen-bond acceptors (Lipinski definition) is 3. The molecule has 0 unspecified atom stereocenters. The highest BCUT2D eigenvalue weighted by Gasteiger charge is 2.27. The van der Waals surface area contributed by atoms with Crippen LogP contribution in [0.15, 0.2) is 18.2 Å². The van der Waals surface area contributed by atoms with Crippen LogP contribution >= 0.6 is 15.9 Å². The van der Waals surface area contributed by atoms with Gasteiger partial charge in [-0.25, -0.2) is 0 Å². The molecule has 2 N–H and O–H groups in total. The van der Waals surface area contributed by atoms with Gasteiger partial charge >= 0.3 is 0 Å². The van der Waals surface area contributed by atoms with E-state index in [0.717, 1.165) is 25.7 Å². The fourth-order valence-electron chi connectivity index (χ4n) is 2.79. The molecule has 1 amide bonds. The molecule has 0 aromatic heterocycles. The highest BCUT2D eigenvalue weighted by molar-refractivity contribution is 9.09. The first-order valence-corrected chi connectivity index (χ1v) is 8.14. The summed E-state index contributed by atoms with van der Waals surface area (Å²) in [7, 11) is 0. The van der Waals surface area contributed by atoms with Crippen LogP contribution in [0.1, 0.15) is 42.5 Å². The molecule has 2 rings (SSSR count). The molecular weight excluding hydrogens is 322 g/mol. The predicted molar refractivity (Wildman–Crippen MR) is 81.5 cm³/mol. The van der Waals surface area contributed by atoms with Crippen molar-refractivity contribution in [2.45, 2.75) is 38.1 Å². The van der Waals surface area contributed by atoms with Crippen molar-refractivity contribution < 1.29 is 15.0 Å². The summed E-state index contributed by atoms with van der Waals surface area (Å²) >= 11 is 3.39. The van der Waals surface area contributed by atoms with E-state index in [0.29, 0.717) is 11.9 Å². The van der Waals surface area contributed by atoms with Gasteiger partial charge in [0.2, 0.25) is 0 Å². The van der Waals surface area contributed by atoms with Crippen LogP contribution in [0.3, 0.4) is 0 Å². The molecule has 1 aliphatic rings. The largest absolute Gasteiger partial charge is 0.508 e. The Morgan fingerprint density at radius 3 is 2.55 bits per heavy atom. The molecule has 1 saturated carbocycles. The average molecular weight is 342 g/mol. The Morgan fingerprint density at radius 2 is 1.95 bits per heavy atom. The van der Waals surface area contributed by atoms with Gasteiger partial charge in [-0.15, -0.1) is 0 Å². The molecule has 1 fully saturated rings. The highest BCUT2D eigenvalue weighted by Crippen LogP contribution is 2.28. The lowest BCUT2D eigenvalue weighted by Crippen LogP contribution is -2.42. The van der Waals surface area contributed by atoms with E-state index >= 15 is 0 Å². The third-order valence-electron chi connectivity index (χ3n) is 3.81. The maximum atomic E-state index is 12.6. The van der Waals surface area contributed by atoms with E-state index in [1.165, 1.54) is 24.6 Å². The van der Waals surface area contributed by atoms with Crippen molar-refractivity contribution in [1.82, 2.24) is 4.90 Å². The second-order valence-electron chi connectivity index (χ2n) is 5.18. The minimum atomic E-state index is -0.162. The Balaban J connectivity index is 2.21. The third kappa shape index (κ3) is 3.45. The van der Waals surface area contributed by atoms with Gasteiger partial charge in [0.1, 0.15) is 11.5 Å². The van der Waals surface area contributed by atoms with Crippen LogP contribution < -0.4 is 0 Å². The fraction of sp³-hybridized carbons (Fsp3) is 0.533. The zero-order valence-corrected chi connectivity index (χ0v) is 13.0. The number of carbonyl (C=O) groups is 1. The number of alkyl halides is 1. The van der Waals surface area contributed by atoms with Crippen molar-refractivity contribution in [2.24, 2.45) is 0 Å². The highest BCUT2D eigenvalue weighted by atomic mass is 79.9. The van der Waals surface area contributed by atoms with E-state index in [2.05, 4.69) is 15.9 Å². The van der Waals surface area contributed by atoms with Gasteiger partial charge in [0, 0.05) is 24.0 Å². The fourth-order valence-corrected chi connectivity index (χ4v) is 3.17. The van der Waals surface area contributed by atoms with Gasteiger partial charge in [0.05, 0.1) is 5.56 Å².